The summed E-state index contributed by atoms with van der Waals surface area (Å²) < 4.78 is 0. The average molecular weight is 184 g/mol. The maximum absolute atomic E-state index is 2.41. The third kappa shape index (κ3) is 9.92. The number of rotatable bonds is 8. The van der Waals surface area contributed by atoms with Crippen LogP contribution < -0.4 is 0 Å². The average Bonchev–Trinajstić information content (AvgIpc) is 2.04. The lowest BCUT2D eigenvalue weighted by atomic mass is 9.95. The normalized spacial score (nSPS) is 13.6. The van der Waals surface area contributed by atoms with Crippen molar-refractivity contribution in [2.75, 3.05) is 0 Å². The highest BCUT2D eigenvalue weighted by Crippen LogP contribution is 2.17. The highest BCUT2D eigenvalue weighted by molar-refractivity contribution is 4.55. The fourth-order valence-electron chi connectivity index (χ4n) is 1.76. The van der Waals surface area contributed by atoms with E-state index in [4.69, 9.17) is 0 Å². The Morgan fingerprint density at radius 2 is 1.38 bits per heavy atom. The van der Waals surface area contributed by atoms with Gasteiger partial charge in [0, 0.05) is 0 Å². The number of hydrogen-bond acceptors (Lipinski definition) is 0. The van der Waals surface area contributed by atoms with Gasteiger partial charge in [0.05, 0.1) is 0 Å². The van der Waals surface area contributed by atoms with Crippen molar-refractivity contribution < 1.29 is 0 Å². The van der Waals surface area contributed by atoms with E-state index in [1.165, 1.54) is 44.9 Å². The second-order valence-corrected chi connectivity index (χ2v) is 4.93. The van der Waals surface area contributed by atoms with E-state index in [2.05, 4.69) is 27.7 Å². The van der Waals surface area contributed by atoms with Crippen LogP contribution in [0.3, 0.4) is 0 Å². The molecule has 0 saturated carbocycles. The van der Waals surface area contributed by atoms with Gasteiger partial charge in [-0.15, -0.1) is 0 Å². The fourth-order valence-corrected chi connectivity index (χ4v) is 1.76. The molecule has 13 heavy (non-hydrogen) atoms. The van der Waals surface area contributed by atoms with Crippen molar-refractivity contribution in [1.29, 1.82) is 0 Å². The standard InChI is InChI=1S/C13H28/c1-5-6-7-10-13(4)11-8-9-12(2)3/h12-13H,5-11H2,1-4H3/t13-/m1/s1. The molecule has 0 aliphatic carbocycles. The quantitative estimate of drug-likeness (QED) is 0.464. The summed E-state index contributed by atoms with van der Waals surface area (Å²) in [6.45, 7) is 9.34. The summed E-state index contributed by atoms with van der Waals surface area (Å²) in [5, 5.41) is 0. The summed E-state index contributed by atoms with van der Waals surface area (Å²) >= 11 is 0. The van der Waals surface area contributed by atoms with Crippen LogP contribution in [0.15, 0.2) is 0 Å². The predicted molar refractivity (Wildman–Crippen MR) is 62.0 cm³/mol. The van der Waals surface area contributed by atoms with Crippen LogP contribution in [0, 0.1) is 11.8 Å². The van der Waals surface area contributed by atoms with Gasteiger partial charge >= 0.3 is 0 Å². The zero-order chi connectivity index (χ0) is 10.1. The van der Waals surface area contributed by atoms with Crippen LogP contribution in [0.1, 0.15) is 72.6 Å². The van der Waals surface area contributed by atoms with E-state index in [9.17, 15) is 0 Å². The van der Waals surface area contributed by atoms with Crippen LogP contribution in [0.4, 0.5) is 0 Å². The molecule has 0 heterocycles. The molecule has 0 bridgehead atoms. The topological polar surface area (TPSA) is 0 Å². The largest absolute Gasteiger partial charge is 0.0654 e. The Hall–Kier alpha value is 0. The van der Waals surface area contributed by atoms with Crippen LogP contribution >= 0.6 is 0 Å². The van der Waals surface area contributed by atoms with Gasteiger partial charge in [0.2, 0.25) is 0 Å². The maximum atomic E-state index is 2.41. The van der Waals surface area contributed by atoms with E-state index < -0.39 is 0 Å². The molecule has 0 nitrogen and oxygen atoms in total. The molecule has 0 fully saturated rings. The second kappa shape index (κ2) is 8.59. The molecule has 0 aromatic carbocycles. The van der Waals surface area contributed by atoms with Crippen molar-refractivity contribution in [2.24, 2.45) is 11.8 Å². The first-order chi connectivity index (χ1) is 6.16. The zero-order valence-corrected chi connectivity index (χ0v) is 10.1. The molecule has 0 aromatic heterocycles. The van der Waals surface area contributed by atoms with Gasteiger partial charge in [0.1, 0.15) is 0 Å². The van der Waals surface area contributed by atoms with Crippen LogP contribution in [0.2, 0.25) is 0 Å². The molecule has 0 aliphatic heterocycles. The number of unbranched alkanes of at least 4 members (excludes halogenated alkanes) is 2. The summed E-state index contributed by atoms with van der Waals surface area (Å²) in [6, 6.07) is 0. The Morgan fingerprint density at radius 3 is 1.92 bits per heavy atom. The van der Waals surface area contributed by atoms with Gasteiger partial charge in [-0.3, -0.25) is 0 Å². The zero-order valence-electron chi connectivity index (χ0n) is 10.1. The van der Waals surface area contributed by atoms with E-state index >= 15 is 0 Å². The molecular weight excluding hydrogens is 156 g/mol. The second-order valence-electron chi connectivity index (χ2n) is 4.93. The first-order valence-electron chi connectivity index (χ1n) is 6.16. The van der Waals surface area contributed by atoms with E-state index in [1.807, 2.05) is 0 Å². The first-order valence-corrected chi connectivity index (χ1v) is 6.16. The molecule has 80 valence electrons. The van der Waals surface area contributed by atoms with Gasteiger partial charge in [0.15, 0.2) is 0 Å². The van der Waals surface area contributed by atoms with Crippen molar-refractivity contribution >= 4 is 0 Å². The van der Waals surface area contributed by atoms with Crippen LogP contribution in [-0.2, 0) is 0 Å². The lowest BCUT2D eigenvalue weighted by molar-refractivity contribution is 0.422. The maximum Gasteiger partial charge on any atom is -0.0443 e. The Bertz CT molecular complexity index is 94.2. The molecule has 0 aliphatic rings. The lowest BCUT2D eigenvalue weighted by Gasteiger charge is -2.11. The summed E-state index contributed by atoms with van der Waals surface area (Å²) in [7, 11) is 0. The van der Waals surface area contributed by atoms with Crippen molar-refractivity contribution in [3.63, 3.8) is 0 Å². The van der Waals surface area contributed by atoms with Gasteiger partial charge in [-0.2, -0.15) is 0 Å². The summed E-state index contributed by atoms with van der Waals surface area (Å²) in [6.07, 6.45) is 9.98. The molecule has 0 rings (SSSR count). The highest BCUT2D eigenvalue weighted by Gasteiger charge is 2.02. The molecule has 0 heteroatoms. The van der Waals surface area contributed by atoms with Gasteiger partial charge < -0.3 is 0 Å². The van der Waals surface area contributed by atoms with Crippen molar-refractivity contribution in [2.45, 2.75) is 72.6 Å². The summed E-state index contributed by atoms with van der Waals surface area (Å²) in [5.41, 5.74) is 0. The summed E-state index contributed by atoms with van der Waals surface area (Å²) in [4.78, 5) is 0. The Kier molecular flexibility index (Phi) is 8.59. The molecule has 0 radical (unpaired) electrons. The van der Waals surface area contributed by atoms with Crippen molar-refractivity contribution in [1.82, 2.24) is 0 Å². The van der Waals surface area contributed by atoms with E-state index in [1.54, 1.807) is 0 Å². The van der Waals surface area contributed by atoms with Crippen molar-refractivity contribution in [3.8, 4) is 0 Å². The third-order valence-electron chi connectivity index (χ3n) is 2.78. The Morgan fingerprint density at radius 1 is 0.769 bits per heavy atom. The van der Waals surface area contributed by atoms with Crippen LogP contribution in [-0.4, -0.2) is 0 Å². The predicted octanol–water partition coefficient (Wildman–Crippen LogP) is 5.03. The Labute approximate surface area is 85.1 Å². The molecule has 0 aromatic rings. The molecule has 1 atom stereocenters. The monoisotopic (exact) mass is 184 g/mol. The highest BCUT2D eigenvalue weighted by atomic mass is 14.1. The molecule has 0 saturated heterocycles. The van der Waals surface area contributed by atoms with Crippen LogP contribution in [0.25, 0.3) is 0 Å². The minimum atomic E-state index is 0.892. The van der Waals surface area contributed by atoms with Gasteiger partial charge in [-0.1, -0.05) is 72.6 Å². The minimum Gasteiger partial charge on any atom is -0.0654 e. The molecule has 0 unspecified atom stereocenters. The number of hydrogen-bond donors (Lipinski definition) is 0. The van der Waals surface area contributed by atoms with Gasteiger partial charge in [0.25, 0.3) is 0 Å². The molecule has 0 N–H and O–H groups in total. The molecule has 0 amide bonds. The fraction of sp³-hybridized carbons (Fsp3) is 1.00. The molecule has 0 spiro atoms. The van der Waals surface area contributed by atoms with Gasteiger partial charge in [-0.05, 0) is 11.8 Å². The Balaban J connectivity index is 3.15. The van der Waals surface area contributed by atoms with Gasteiger partial charge in [-0.25, -0.2) is 0 Å². The smallest absolute Gasteiger partial charge is 0.0443 e. The first kappa shape index (κ1) is 13.0. The lowest BCUT2D eigenvalue weighted by Crippen LogP contribution is -1.96. The summed E-state index contributed by atoms with van der Waals surface area (Å²) in [5.74, 6) is 1.85. The van der Waals surface area contributed by atoms with E-state index in [0.717, 1.165) is 11.8 Å². The SMILES string of the molecule is CCCCC[C@@H](C)CCCC(C)C. The molecular formula is C13H28. The third-order valence-corrected chi connectivity index (χ3v) is 2.78. The minimum absolute atomic E-state index is 0.892. The van der Waals surface area contributed by atoms with Crippen molar-refractivity contribution in [3.05, 3.63) is 0 Å². The van der Waals surface area contributed by atoms with E-state index in [0.29, 0.717) is 0 Å². The van der Waals surface area contributed by atoms with Crippen LogP contribution in [0.5, 0.6) is 0 Å². The van der Waals surface area contributed by atoms with E-state index in [-0.39, 0.29) is 0 Å².